The van der Waals surface area contributed by atoms with Crippen molar-refractivity contribution in [2.24, 2.45) is 0 Å². The molecule has 0 bridgehead atoms. The zero-order valence-electron chi connectivity index (χ0n) is 7.60. The zero-order chi connectivity index (χ0) is 10.3. The molecule has 0 rings (SSSR count). The van der Waals surface area contributed by atoms with Crippen LogP contribution in [0, 0.1) is 6.92 Å². The molecule has 0 spiro atoms. The third-order valence-corrected chi connectivity index (χ3v) is 2.17. The first-order valence-electron chi connectivity index (χ1n) is 3.97. The summed E-state index contributed by atoms with van der Waals surface area (Å²) in [4.78, 5) is 0. The standard InChI is InChI=1S/C7H15O5S/c1-3-5-12-7(6-11-4-2)13(8,9)10/h7H,2-6H2,1H3,(H,8,9,10). The molecule has 79 valence electrons. The molecule has 1 N–H and O–H groups in total. The summed E-state index contributed by atoms with van der Waals surface area (Å²) in [6.45, 7) is 5.42. The van der Waals surface area contributed by atoms with Crippen LogP contribution in [0.4, 0.5) is 0 Å². The highest BCUT2D eigenvalue weighted by molar-refractivity contribution is 7.86. The van der Waals surface area contributed by atoms with Crippen LogP contribution in [-0.2, 0) is 19.6 Å². The maximum absolute atomic E-state index is 10.7. The highest BCUT2D eigenvalue weighted by Gasteiger charge is 2.23. The van der Waals surface area contributed by atoms with Crippen molar-refractivity contribution < 1.29 is 22.4 Å². The Labute approximate surface area is 78.8 Å². The molecular formula is C7H15O5S. The van der Waals surface area contributed by atoms with E-state index in [1.165, 1.54) is 0 Å². The number of ether oxygens (including phenoxy) is 2. The van der Waals surface area contributed by atoms with Crippen molar-refractivity contribution in [2.75, 3.05) is 19.8 Å². The molecule has 0 aromatic rings. The molecule has 0 saturated heterocycles. The number of hydrogen-bond acceptors (Lipinski definition) is 4. The molecule has 1 unspecified atom stereocenters. The van der Waals surface area contributed by atoms with Gasteiger partial charge in [0, 0.05) is 13.2 Å². The molecule has 6 heteroatoms. The van der Waals surface area contributed by atoms with Crippen LogP contribution in [0.3, 0.4) is 0 Å². The summed E-state index contributed by atoms with van der Waals surface area (Å²) in [5, 5.41) is 0. The summed E-state index contributed by atoms with van der Waals surface area (Å²) < 4.78 is 39.6. The van der Waals surface area contributed by atoms with E-state index in [0.717, 1.165) is 0 Å². The highest BCUT2D eigenvalue weighted by Crippen LogP contribution is 2.02. The van der Waals surface area contributed by atoms with Gasteiger partial charge in [0.15, 0.2) is 0 Å². The van der Waals surface area contributed by atoms with Crippen LogP contribution in [0.25, 0.3) is 0 Å². The van der Waals surface area contributed by atoms with Crippen LogP contribution in [0.5, 0.6) is 0 Å². The Morgan fingerprint density at radius 2 is 2.15 bits per heavy atom. The molecule has 0 saturated carbocycles. The van der Waals surface area contributed by atoms with Gasteiger partial charge in [-0.2, -0.15) is 8.42 Å². The minimum absolute atomic E-state index is 0.140. The average molecular weight is 211 g/mol. The van der Waals surface area contributed by atoms with E-state index in [4.69, 9.17) is 14.0 Å². The predicted molar refractivity (Wildman–Crippen MR) is 47.8 cm³/mol. The van der Waals surface area contributed by atoms with Crippen LogP contribution < -0.4 is 0 Å². The lowest BCUT2D eigenvalue weighted by Gasteiger charge is -2.13. The normalized spacial score (nSPS) is 14.4. The summed E-state index contributed by atoms with van der Waals surface area (Å²) in [6.07, 6.45) is 0.677. The molecule has 5 nitrogen and oxygen atoms in total. The Morgan fingerprint density at radius 3 is 2.54 bits per heavy atom. The van der Waals surface area contributed by atoms with Gasteiger partial charge in [0.05, 0.1) is 6.61 Å². The summed E-state index contributed by atoms with van der Waals surface area (Å²) >= 11 is 0. The molecule has 0 amide bonds. The van der Waals surface area contributed by atoms with E-state index in [1.54, 1.807) is 0 Å². The van der Waals surface area contributed by atoms with Crippen LogP contribution >= 0.6 is 0 Å². The Hall–Kier alpha value is -0.170. The Morgan fingerprint density at radius 1 is 1.54 bits per heavy atom. The topological polar surface area (TPSA) is 72.8 Å². The number of rotatable bonds is 7. The van der Waals surface area contributed by atoms with Gasteiger partial charge in [-0.3, -0.25) is 4.55 Å². The molecule has 1 radical (unpaired) electrons. The van der Waals surface area contributed by atoms with Crippen molar-refractivity contribution >= 4 is 10.1 Å². The molecule has 0 aliphatic carbocycles. The lowest BCUT2D eigenvalue weighted by Crippen LogP contribution is -2.29. The molecule has 0 fully saturated rings. The minimum Gasteiger partial charge on any atom is -0.378 e. The van der Waals surface area contributed by atoms with E-state index in [9.17, 15) is 8.42 Å². The Kier molecular flexibility index (Phi) is 6.23. The lowest BCUT2D eigenvalue weighted by atomic mass is 10.5. The van der Waals surface area contributed by atoms with E-state index in [0.29, 0.717) is 6.42 Å². The van der Waals surface area contributed by atoms with E-state index >= 15 is 0 Å². The maximum atomic E-state index is 10.7. The quantitative estimate of drug-likeness (QED) is 0.620. The van der Waals surface area contributed by atoms with Crippen LogP contribution in [-0.4, -0.2) is 38.2 Å². The summed E-state index contributed by atoms with van der Waals surface area (Å²) in [5.41, 5.74) is -1.30. The number of hydrogen-bond donors (Lipinski definition) is 1. The van der Waals surface area contributed by atoms with Gasteiger partial charge in [0.25, 0.3) is 10.1 Å². The van der Waals surface area contributed by atoms with Gasteiger partial charge in [-0.25, -0.2) is 0 Å². The molecule has 0 aliphatic rings. The molecular weight excluding hydrogens is 196 g/mol. The van der Waals surface area contributed by atoms with E-state index in [1.807, 2.05) is 6.92 Å². The summed E-state index contributed by atoms with van der Waals surface area (Å²) in [5.74, 6) is 0. The smallest absolute Gasteiger partial charge is 0.294 e. The van der Waals surface area contributed by atoms with Crippen LogP contribution in [0.1, 0.15) is 13.3 Å². The monoisotopic (exact) mass is 211 g/mol. The average Bonchev–Trinajstić information content (AvgIpc) is 2.02. The fraction of sp³-hybridized carbons (Fsp3) is 0.857. The van der Waals surface area contributed by atoms with Crippen molar-refractivity contribution in [3.8, 4) is 0 Å². The highest BCUT2D eigenvalue weighted by atomic mass is 32.2. The SMILES string of the molecule is [CH2]COCC(OCCC)S(=O)(=O)O. The van der Waals surface area contributed by atoms with E-state index < -0.39 is 15.6 Å². The van der Waals surface area contributed by atoms with Gasteiger partial charge in [0.1, 0.15) is 0 Å². The second-order valence-corrected chi connectivity index (χ2v) is 3.95. The molecule has 0 heterocycles. The molecule has 0 aromatic heterocycles. The van der Waals surface area contributed by atoms with E-state index in [-0.39, 0.29) is 19.8 Å². The maximum Gasteiger partial charge on any atom is 0.294 e. The van der Waals surface area contributed by atoms with Gasteiger partial charge in [-0.05, 0) is 13.3 Å². The zero-order valence-corrected chi connectivity index (χ0v) is 8.42. The van der Waals surface area contributed by atoms with E-state index in [2.05, 4.69) is 6.92 Å². The van der Waals surface area contributed by atoms with Crippen LogP contribution in [0.2, 0.25) is 0 Å². The van der Waals surface area contributed by atoms with Gasteiger partial charge in [0.2, 0.25) is 5.44 Å². The third-order valence-electron chi connectivity index (χ3n) is 1.24. The molecule has 13 heavy (non-hydrogen) atoms. The van der Waals surface area contributed by atoms with Crippen LogP contribution in [0.15, 0.2) is 0 Å². The molecule has 0 aromatic carbocycles. The largest absolute Gasteiger partial charge is 0.378 e. The minimum atomic E-state index is -4.18. The first kappa shape index (κ1) is 12.8. The third kappa shape index (κ3) is 5.98. The Balaban J connectivity index is 4.04. The second-order valence-electron chi connectivity index (χ2n) is 2.39. The lowest BCUT2D eigenvalue weighted by molar-refractivity contribution is 0.0288. The first-order valence-corrected chi connectivity index (χ1v) is 5.47. The fourth-order valence-corrected chi connectivity index (χ4v) is 1.19. The van der Waals surface area contributed by atoms with Gasteiger partial charge in [-0.15, -0.1) is 0 Å². The van der Waals surface area contributed by atoms with Gasteiger partial charge < -0.3 is 9.47 Å². The fourth-order valence-electron chi connectivity index (χ4n) is 0.649. The second kappa shape index (κ2) is 6.31. The van der Waals surface area contributed by atoms with Gasteiger partial charge in [-0.1, -0.05) is 6.92 Å². The van der Waals surface area contributed by atoms with Crippen molar-refractivity contribution in [1.82, 2.24) is 0 Å². The Bertz CT molecular complexity index is 203. The van der Waals surface area contributed by atoms with Gasteiger partial charge >= 0.3 is 0 Å². The van der Waals surface area contributed by atoms with Crippen molar-refractivity contribution in [2.45, 2.75) is 18.8 Å². The molecule has 1 atom stereocenters. The summed E-state index contributed by atoms with van der Waals surface area (Å²) in [7, 11) is -4.18. The summed E-state index contributed by atoms with van der Waals surface area (Å²) in [6, 6.07) is 0. The van der Waals surface area contributed by atoms with Crippen molar-refractivity contribution in [3.63, 3.8) is 0 Å². The van der Waals surface area contributed by atoms with Crippen molar-refractivity contribution in [3.05, 3.63) is 6.92 Å². The molecule has 0 aliphatic heterocycles. The predicted octanol–water partition coefficient (Wildman–Crippen LogP) is 0.478. The first-order chi connectivity index (χ1) is 6.02. The van der Waals surface area contributed by atoms with Crippen molar-refractivity contribution in [1.29, 1.82) is 0 Å².